The topological polar surface area (TPSA) is 23.1 Å². The molecule has 0 rings (SSSR count). The third-order valence-corrected chi connectivity index (χ3v) is 7.01. The minimum atomic E-state index is -0.478. The second-order valence-electron chi connectivity index (χ2n) is 0.677. The Hall–Kier alpha value is 1.17. The molecule has 0 saturated carbocycles. The van der Waals surface area contributed by atoms with Crippen molar-refractivity contribution in [2.45, 2.75) is 0 Å². The lowest BCUT2D eigenvalue weighted by molar-refractivity contribution is 0.621. The molecule has 0 aliphatic heterocycles. The number of rotatable bonds is 2. The standard InChI is InChI=1S/C2H8OP2S/c1-4-6(3)5-2/h4-5H,1-2H3. The summed E-state index contributed by atoms with van der Waals surface area (Å²) in [5.41, 5.74) is 0. The molecule has 38 valence electrons. The fourth-order valence-corrected chi connectivity index (χ4v) is 2.76. The first-order valence-electron chi connectivity index (χ1n) is 1.57. The van der Waals surface area contributed by atoms with Gasteiger partial charge >= 0.3 is 0 Å². The highest BCUT2D eigenvalue weighted by molar-refractivity contribution is 8.72. The van der Waals surface area contributed by atoms with Gasteiger partial charge in [0, 0.05) is 13.3 Å². The van der Waals surface area contributed by atoms with Crippen molar-refractivity contribution in [1.82, 2.24) is 0 Å². The monoisotopic (exact) mass is 142 g/mol. The molecule has 1 nitrogen and oxygen atoms in total. The van der Waals surface area contributed by atoms with Gasteiger partial charge in [0.2, 0.25) is 0 Å². The Bertz CT molecular complexity index is 30.7. The molecule has 0 aliphatic rings. The molecule has 0 radical (unpaired) electrons. The van der Waals surface area contributed by atoms with Crippen molar-refractivity contribution < 1.29 is 4.55 Å². The number of hydrogen-bond acceptors (Lipinski definition) is 1. The Morgan fingerprint density at radius 3 is 1.67 bits per heavy atom. The van der Waals surface area contributed by atoms with Gasteiger partial charge in [-0.05, 0) is 10.4 Å². The first-order chi connectivity index (χ1) is 2.81. The molecule has 2 unspecified atom stereocenters. The Morgan fingerprint density at radius 1 is 1.33 bits per heavy atom. The van der Waals surface area contributed by atoms with Crippen LogP contribution < -0.4 is 0 Å². The Labute approximate surface area is 44.5 Å². The van der Waals surface area contributed by atoms with E-state index in [1.165, 1.54) is 0 Å². The SMILES string of the molecule is CP[S+]([O-])PC. The van der Waals surface area contributed by atoms with Crippen molar-refractivity contribution in [2.75, 3.05) is 13.3 Å². The largest absolute Gasteiger partial charge is 0.613 e. The maximum atomic E-state index is 10.3. The molecule has 0 aromatic rings. The van der Waals surface area contributed by atoms with Gasteiger partial charge in [0.05, 0.1) is 0 Å². The van der Waals surface area contributed by atoms with E-state index >= 15 is 0 Å². The van der Waals surface area contributed by atoms with Gasteiger partial charge < -0.3 is 4.55 Å². The molecule has 2 atom stereocenters. The van der Waals surface area contributed by atoms with Crippen LogP contribution in [0.15, 0.2) is 0 Å². The Morgan fingerprint density at radius 2 is 1.67 bits per heavy atom. The van der Waals surface area contributed by atoms with Crippen molar-refractivity contribution in [2.24, 2.45) is 0 Å². The maximum Gasteiger partial charge on any atom is 0.104 e. The van der Waals surface area contributed by atoms with E-state index in [1.807, 2.05) is 13.3 Å². The van der Waals surface area contributed by atoms with E-state index in [-0.39, 0.29) is 0 Å². The molecule has 0 aromatic heterocycles. The summed E-state index contributed by atoms with van der Waals surface area (Å²) in [7, 11) is 0.754. The van der Waals surface area contributed by atoms with Crippen LogP contribution in [0.3, 0.4) is 0 Å². The zero-order valence-corrected chi connectivity index (χ0v) is 6.63. The van der Waals surface area contributed by atoms with Crippen molar-refractivity contribution in [3.8, 4) is 0 Å². The Balaban J connectivity index is 2.75. The van der Waals surface area contributed by atoms with Crippen LogP contribution in [0.2, 0.25) is 0 Å². The second kappa shape index (κ2) is 4.33. The molecule has 6 heavy (non-hydrogen) atoms. The van der Waals surface area contributed by atoms with Crippen LogP contribution in [0.5, 0.6) is 0 Å². The van der Waals surface area contributed by atoms with Gasteiger partial charge in [0.1, 0.15) is 15.6 Å². The summed E-state index contributed by atoms with van der Waals surface area (Å²) < 4.78 is 10.3. The molecule has 0 fully saturated rings. The molecule has 0 aromatic carbocycles. The van der Waals surface area contributed by atoms with E-state index in [0.29, 0.717) is 15.6 Å². The van der Waals surface area contributed by atoms with Gasteiger partial charge in [-0.1, -0.05) is 0 Å². The first kappa shape index (κ1) is 7.17. The summed E-state index contributed by atoms with van der Waals surface area (Å²) >= 11 is 0. The van der Waals surface area contributed by atoms with E-state index in [0.717, 1.165) is 0 Å². The smallest absolute Gasteiger partial charge is 0.104 e. The zero-order chi connectivity index (χ0) is 4.99. The third kappa shape index (κ3) is 3.36. The zero-order valence-electron chi connectivity index (χ0n) is 3.82. The summed E-state index contributed by atoms with van der Waals surface area (Å²) in [5, 5.41) is 0. The lowest BCUT2D eigenvalue weighted by Gasteiger charge is -2.00. The van der Waals surface area contributed by atoms with Gasteiger partial charge in [-0.25, -0.2) is 0 Å². The molecule has 4 heteroatoms. The van der Waals surface area contributed by atoms with E-state index < -0.39 is 10.4 Å². The fraction of sp³-hybridized carbons (Fsp3) is 1.00. The lowest BCUT2D eigenvalue weighted by Crippen LogP contribution is -1.74. The molecule has 0 heterocycles. The van der Waals surface area contributed by atoms with Crippen molar-refractivity contribution in [3.63, 3.8) is 0 Å². The minimum Gasteiger partial charge on any atom is -0.613 e. The average Bonchev–Trinajstić information content (AvgIpc) is 1.65. The summed E-state index contributed by atoms with van der Waals surface area (Å²) in [5.74, 6) is 0. The molecular formula is C2H8OP2S. The molecule has 0 N–H and O–H groups in total. The molecule has 0 amide bonds. The molecule has 0 bridgehead atoms. The second-order valence-corrected chi connectivity index (χ2v) is 7.93. The third-order valence-electron chi connectivity index (χ3n) is 0.371. The summed E-state index contributed by atoms with van der Waals surface area (Å²) in [6.07, 6.45) is 0. The van der Waals surface area contributed by atoms with E-state index in [2.05, 4.69) is 0 Å². The van der Waals surface area contributed by atoms with Crippen LogP contribution in [0.4, 0.5) is 0 Å². The normalized spacial score (nSPS) is 18.5. The van der Waals surface area contributed by atoms with Crippen LogP contribution in [-0.2, 0) is 10.4 Å². The van der Waals surface area contributed by atoms with Crippen molar-refractivity contribution in [1.29, 1.82) is 0 Å². The van der Waals surface area contributed by atoms with Crippen LogP contribution in [-0.4, -0.2) is 17.9 Å². The van der Waals surface area contributed by atoms with Gasteiger partial charge in [0.15, 0.2) is 0 Å². The van der Waals surface area contributed by atoms with Gasteiger partial charge in [-0.15, -0.1) is 0 Å². The van der Waals surface area contributed by atoms with E-state index in [4.69, 9.17) is 0 Å². The predicted octanol–water partition coefficient (Wildman–Crippen LogP) is 1.18. The first-order valence-corrected chi connectivity index (χ1v) is 7.17. The van der Waals surface area contributed by atoms with Gasteiger partial charge in [-0.3, -0.25) is 0 Å². The van der Waals surface area contributed by atoms with Gasteiger partial charge in [-0.2, -0.15) is 0 Å². The highest BCUT2D eigenvalue weighted by Crippen LogP contribution is 2.30. The van der Waals surface area contributed by atoms with Crippen LogP contribution in [0.1, 0.15) is 0 Å². The van der Waals surface area contributed by atoms with Gasteiger partial charge in [0.25, 0.3) is 0 Å². The quantitative estimate of drug-likeness (QED) is 0.419. The highest BCUT2D eigenvalue weighted by atomic mass is 33.1. The van der Waals surface area contributed by atoms with E-state index in [9.17, 15) is 4.55 Å². The van der Waals surface area contributed by atoms with Crippen LogP contribution in [0, 0.1) is 0 Å². The maximum absolute atomic E-state index is 10.3. The van der Waals surface area contributed by atoms with E-state index in [1.54, 1.807) is 0 Å². The van der Waals surface area contributed by atoms with Crippen molar-refractivity contribution >= 4 is 26.0 Å². The average molecular weight is 142 g/mol. The number of hydrogen-bond donors (Lipinski definition) is 0. The van der Waals surface area contributed by atoms with Crippen LogP contribution >= 0.6 is 15.6 Å². The Kier molecular flexibility index (Phi) is 5.18. The fourth-order valence-electron chi connectivity index (χ4n) is 0.102. The highest BCUT2D eigenvalue weighted by Gasteiger charge is 1.92. The summed E-state index contributed by atoms with van der Waals surface area (Å²) in [6.45, 7) is 3.93. The van der Waals surface area contributed by atoms with Crippen LogP contribution in [0.25, 0.3) is 0 Å². The molecule has 0 spiro atoms. The lowest BCUT2D eigenvalue weighted by atomic mass is 12.0. The molecular weight excluding hydrogens is 134 g/mol. The molecule has 0 saturated heterocycles. The molecule has 0 aliphatic carbocycles. The minimum absolute atomic E-state index is 0.478. The summed E-state index contributed by atoms with van der Waals surface area (Å²) in [6, 6.07) is 0. The van der Waals surface area contributed by atoms with Crippen molar-refractivity contribution in [3.05, 3.63) is 0 Å². The predicted molar refractivity (Wildman–Crippen MR) is 36.6 cm³/mol. The summed E-state index contributed by atoms with van der Waals surface area (Å²) in [4.78, 5) is 0.